The molecule has 0 amide bonds. The van der Waals surface area contributed by atoms with Gasteiger partial charge in [0.25, 0.3) is 0 Å². The smallest absolute Gasteiger partial charge is 0.108 e. The molecule has 0 saturated carbocycles. The monoisotopic (exact) mass is 196 g/mol. The van der Waals surface area contributed by atoms with E-state index in [0.717, 1.165) is 18.7 Å². The van der Waals surface area contributed by atoms with Gasteiger partial charge in [0.2, 0.25) is 0 Å². The van der Waals surface area contributed by atoms with Crippen molar-refractivity contribution in [3.63, 3.8) is 0 Å². The normalized spacial score (nSPS) is 13.5. The van der Waals surface area contributed by atoms with Crippen LogP contribution in [0, 0.1) is 11.8 Å². The summed E-state index contributed by atoms with van der Waals surface area (Å²) < 4.78 is 2.04. The van der Waals surface area contributed by atoms with E-state index in [1.54, 1.807) is 0 Å². The molecule has 1 aromatic rings. The van der Waals surface area contributed by atoms with E-state index in [1.807, 2.05) is 24.0 Å². The highest BCUT2D eigenvalue weighted by molar-refractivity contribution is 4.91. The third-order valence-corrected chi connectivity index (χ3v) is 2.84. The van der Waals surface area contributed by atoms with Gasteiger partial charge in [0.1, 0.15) is 5.82 Å². The highest BCUT2D eigenvalue weighted by Crippen LogP contribution is 2.16. The first-order valence-corrected chi connectivity index (χ1v) is 5.22. The molecule has 0 bridgehead atoms. The van der Waals surface area contributed by atoms with Crippen molar-refractivity contribution in [3.05, 3.63) is 18.2 Å². The van der Waals surface area contributed by atoms with Gasteiger partial charge in [-0.05, 0) is 18.3 Å². The van der Waals surface area contributed by atoms with E-state index in [4.69, 9.17) is 5.11 Å². The number of aromatic nitrogens is 2. The molecule has 1 aromatic heterocycles. The molecular formula is C11H20N2O. The van der Waals surface area contributed by atoms with Crippen molar-refractivity contribution in [2.45, 2.75) is 26.7 Å². The maximum atomic E-state index is 9.17. The summed E-state index contributed by atoms with van der Waals surface area (Å²) in [5.74, 6) is 2.04. The molecule has 1 N–H and O–H groups in total. The summed E-state index contributed by atoms with van der Waals surface area (Å²) in [6.45, 7) is 4.58. The molecule has 80 valence electrons. The number of aryl methyl sites for hydroxylation is 2. The minimum Gasteiger partial charge on any atom is -0.396 e. The molecule has 0 saturated heterocycles. The topological polar surface area (TPSA) is 38.1 Å². The van der Waals surface area contributed by atoms with E-state index in [-0.39, 0.29) is 6.61 Å². The zero-order chi connectivity index (χ0) is 10.6. The lowest BCUT2D eigenvalue weighted by molar-refractivity contribution is 0.180. The van der Waals surface area contributed by atoms with Crippen LogP contribution in [0.15, 0.2) is 12.4 Å². The average Bonchev–Trinajstić information content (AvgIpc) is 2.52. The van der Waals surface area contributed by atoms with Crippen molar-refractivity contribution < 1.29 is 5.11 Å². The Hall–Kier alpha value is -0.830. The Kier molecular flexibility index (Phi) is 4.14. The van der Waals surface area contributed by atoms with Crippen LogP contribution >= 0.6 is 0 Å². The van der Waals surface area contributed by atoms with Crippen LogP contribution in [0.1, 0.15) is 26.1 Å². The van der Waals surface area contributed by atoms with Crippen molar-refractivity contribution in [3.8, 4) is 0 Å². The van der Waals surface area contributed by atoms with E-state index < -0.39 is 0 Å². The molecule has 1 rings (SSSR count). The van der Waals surface area contributed by atoms with Crippen molar-refractivity contribution in [2.24, 2.45) is 18.9 Å². The highest BCUT2D eigenvalue weighted by atomic mass is 16.3. The third-order valence-electron chi connectivity index (χ3n) is 2.84. The highest BCUT2D eigenvalue weighted by Gasteiger charge is 2.12. The van der Waals surface area contributed by atoms with Gasteiger partial charge in [-0.25, -0.2) is 4.98 Å². The molecule has 1 unspecified atom stereocenters. The Labute approximate surface area is 85.8 Å². The van der Waals surface area contributed by atoms with E-state index in [0.29, 0.717) is 11.8 Å². The van der Waals surface area contributed by atoms with Gasteiger partial charge in [-0.2, -0.15) is 0 Å². The van der Waals surface area contributed by atoms with Crippen LogP contribution in [0.5, 0.6) is 0 Å². The van der Waals surface area contributed by atoms with Gasteiger partial charge in [-0.15, -0.1) is 0 Å². The number of aliphatic hydroxyl groups is 1. The molecule has 1 heterocycles. The molecule has 3 heteroatoms. The molecule has 0 aliphatic carbocycles. The van der Waals surface area contributed by atoms with Gasteiger partial charge < -0.3 is 9.67 Å². The number of hydrogen-bond acceptors (Lipinski definition) is 2. The van der Waals surface area contributed by atoms with Crippen molar-refractivity contribution in [1.82, 2.24) is 9.55 Å². The zero-order valence-corrected chi connectivity index (χ0v) is 9.27. The summed E-state index contributed by atoms with van der Waals surface area (Å²) in [7, 11) is 2.01. The minimum absolute atomic E-state index is 0.280. The second-order valence-corrected chi connectivity index (χ2v) is 4.18. The maximum absolute atomic E-state index is 9.17. The number of aliphatic hydroxyl groups excluding tert-OH is 1. The predicted molar refractivity (Wildman–Crippen MR) is 56.9 cm³/mol. The van der Waals surface area contributed by atoms with Gasteiger partial charge in [-0.1, -0.05) is 13.8 Å². The van der Waals surface area contributed by atoms with Gasteiger partial charge in [-0.3, -0.25) is 0 Å². The second-order valence-electron chi connectivity index (χ2n) is 4.18. The SMILES string of the molecule is CC(C)C(CO)CCc1nccn1C. The van der Waals surface area contributed by atoms with Crippen LogP contribution in [0.25, 0.3) is 0 Å². The molecule has 0 aromatic carbocycles. The first-order chi connectivity index (χ1) is 6.65. The molecule has 0 fully saturated rings. The summed E-state index contributed by atoms with van der Waals surface area (Å²) in [5.41, 5.74) is 0. The summed E-state index contributed by atoms with van der Waals surface area (Å²) in [4.78, 5) is 4.26. The Morgan fingerprint density at radius 2 is 2.21 bits per heavy atom. The van der Waals surface area contributed by atoms with Gasteiger partial charge >= 0.3 is 0 Å². The Bertz CT molecular complexity index is 268. The van der Waals surface area contributed by atoms with E-state index in [2.05, 4.69) is 18.8 Å². The van der Waals surface area contributed by atoms with Crippen LogP contribution in [0.4, 0.5) is 0 Å². The predicted octanol–water partition coefficient (Wildman–Crippen LogP) is 1.62. The second kappa shape index (κ2) is 5.15. The summed E-state index contributed by atoms with van der Waals surface area (Å²) in [5, 5.41) is 9.17. The lowest BCUT2D eigenvalue weighted by atomic mass is 9.92. The molecule has 0 spiro atoms. The van der Waals surface area contributed by atoms with Gasteiger partial charge in [0.05, 0.1) is 0 Å². The molecule has 1 atom stereocenters. The number of nitrogens with zero attached hydrogens (tertiary/aromatic N) is 2. The van der Waals surface area contributed by atoms with E-state index in [9.17, 15) is 0 Å². The van der Waals surface area contributed by atoms with Crippen LogP contribution in [0.2, 0.25) is 0 Å². The average molecular weight is 196 g/mol. The maximum Gasteiger partial charge on any atom is 0.108 e. The quantitative estimate of drug-likeness (QED) is 0.777. The Morgan fingerprint density at radius 1 is 1.50 bits per heavy atom. The number of rotatable bonds is 5. The fourth-order valence-corrected chi connectivity index (χ4v) is 1.59. The van der Waals surface area contributed by atoms with Crippen LogP contribution in [0.3, 0.4) is 0 Å². The standard InChI is InChI=1S/C11H20N2O/c1-9(2)10(8-14)4-5-11-12-6-7-13(11)3/h6-7,9-10,14H,4-5,8H2,1-3H3. The molecule has 0 radical (unpaired) electrons. The van der Waals surface area contributed by atoms with Crippen molar-refractivity contribution in [1.29, 1.82) is 0 Å². The molecule has 14 heavy (non-hydrogen) atoms. The molecular weight excluding hydrogens is 176 g/mol. The fraction of sp³-hybridized carbons (Fsp3) is 0.727. The van der Waals surface area contributed by atoms with Crippen LogP contribution in [-0.2, 0) is 13.5 Å². The van der Waals surface area contributed by atoms with E-state index in [1.165, 1.54) is 0 Å². The van der Waals surface area contributed by atoms with Gasteiger partial charge in [0.15, 0.2) is 0 Å². The minimum atomic E-state index is 0.280. The third kappa shape index (κ3) is 2.84. The van der Waals surface area contributed by atoms with Crippen LogP contribution < -0.4 is 0 Å². The molecule has 0 aliphatic rings. The van der Waals surface area contributed by atoms with Crippen LogP contribution in [-0.4, -0.2) is 21.3 Å². The lowest BCUT2D eigenvalue weighted by Crippen LogP contribution is -2.15. The Morgan fingerprint density at radius 3 is 2.64 bits per heavy atom. The summed E-state index contributed by atoms with van der Waals surface area (Å²) >= 11 is 0. The lowest BCUT2D eigenvalue weighted by Gasteiger charge is -2.17. The number of imidazole rings is 1. The Balaban J connectivity index is 2.43. The molecule has 0 aliphatic heterocycles. The largest absolute Gasteiger partial charge is 0.396 e. The van der Waals surface area contributed by atoms with Crippen molar-refractivity contribution in [2.75, 3.05) is 6.61 Å². The number of hydrogen-bond donors (Lipinski definition) is 1. The first kappa shape index (κ1) is 11.2. The van der Waals surface area contributed by atoms with Crippen molar-refractivity contribution >= 4 is 0 Å². The summed E-state index contributed by atoms with van der Waals surface area (Å²) in [6.07, 6.45) is 5.74. The molecule has 3 nitrogen and oxygen atoms in total. The first-order valence-electron chi connectivity index (χ1n) is 5.22. The van der Waals surface area contributed by atoms with Gasteiger partial charge in [0, 0.05) is 32.5 Å². The fourth-order valence-electron chi connectivity index (χ4n) is 1.59. The van der Waals surface area contributed by atoms with E-state index >= 15 is 0 Å². The summed E-state index contributed by atoms with van der Waals surface area (Å²) in [6, 6.07) is 0. The zero-order valence-electron chi connectivity index (χ0n) is 9.27.